The fourth-order valence-electron chi connectivity index (χ4n) is 24.8. The summed E-state index contributed by atoms with van der Waals surface area (Å²) >= 11 is 9.29. The van der Waals surface area contributed by atoms with E-state index >= 15 is 0 Å². The van der Waals surface area contributed by atoms with Gasteiger partial charge in [0.15, 0.2) is 0 Å². The minimum Gasteiger partial charge on any atom is -0.474 e. The number of hydrogen-bond acceptors (Lipinski definition) is 25. The van der Waals surface area contributed by atoms with Gasteiger partial charge in [0.25, 0.3) is 0 Å². The summed E-state index contributed by atoms with van der Waals surface area (Å²) in [6.07, 6.45) is 60.2. The van der Waals surface area contributed by atoms with Crippen molar-refractivity contribution in [2.45, 2.75) is 338 Å². The van der Waals surface area contributed by atoms with Crippen LogP contribution in [0.3, 0.4) is 0 Å². The van der Waals surface area contributed by atoms with Crippen LogP contribution < -0.4 is 31.7 Å². The number of ether oxygens (including phenoxy) is 1. The highest BCUT2D eigenvalue weighted by molar-refractivity contribution is 7.20. The zero-order valence-corrected chi connectivity index (χ0v) is 88.2. The molecule has 748 valence electrons. The molecule has 142 heavy (non-hydrogen) atoms. The zero-order valence-electron chi connectivity index (χ0n) is 84.1. The molecule has 10 aromatic heterocycles. The van der Waals surface area contributed by atoms with E-state index in [4.69, 9.17) is 10.5 Å². The molecule has 4 aromatic carbocycles. The second kappa shape index (κ2) is 48.6. The van der Waals surface area contributed by atoms with Crippen molar-refractivity contribution in [1.29, 1.82) is 0 Å². The maximum Gasteiger partial charge on any atom is 0.231 e. The van der Waals surface area contributed by atoms with Crippen molar-refractivity contribution in [1.82, 2.24) is 69.4 Å². The van der Waals surface area contributed by atoms with Crippen LogP contribution in [0.4, 0.5) is 23.3 Å². The molecule has 24 rings (SSSR count). The maximum atomic E-state index is 11.1. The van der Waals surface area contributed by atoms with Gasteiger partial charge in [-0.25, -0.2) is 49.8 Å². The van der Waals surface area contributed by atoms with Crippen molar-refractivity contribution in [3.05, 3.63) is 227 Å². The molecule has 0 radical (unpaired) electrons. The lowest BCUT2D eigenvalue weighted by Gasteiger charge is -2.37. The summed E-state index contributed by atoms with van der Waals surface area (Å²) in [5.41, 5.74) is 18.6. The van der Waals surface area contributed by atoms with E-state index in [1.807, 2.05) is 63.7 Å². The molecule has 0 bridgehead atoms. The van der Waals surface area contributed by atoms with E-state index < -0.39 is 0 Å². The van der Waals surface area contributed by atoms with E-state index in [2.05, 4.69) is 233 Å². The number of aryl methyl sites for hydroxylation is 12. The summed E-state index contributed by atoms with van der Waals surface area (Å²) in [5.74, 6) is 5.76. The van der Waals surface area contributed by atoms with E-state index in [0.29, 0.717) is 48.8 Å². The van der Waals surface area contributed by atoms with Crippen LogP contribution in [0.5, 0.6) is 5.88 Å². The molecule has 0 aliphatic heterocycles. The summed E-state index contributed by atoms with van der Waals surface area (Å²) < 4.78 is 6.45. The van der Waals surface area contributed by atoms with Crippen LogP contribution in [-0.4, -0.2) is 177 Å². The van der Waals surface area contributed by atoms with E-state index in [0.717, 1.165) is 128 Å². The Labute approximate surface area is 860 Å². The number of thiophene rings is 5. The third-order valence-electron chi connectivity index (χ3n) is 32.7. The first kappa shape index (κ1) is 99.7. The number of carbonyl (C=O) groups is 1. The Hall–Kier alpha value is -9.61. The van der Waals surface area contributed by atoms with Crippen LogP contribution in [0.15, 0.2) is 153 Å². The number of hydrogen-bond donors (Lipinski definition) is 5. The molecule has 1 amide bonds. The molecule has 10 aliphatic carbocycles. The Balaban J connectivity index is 0.000000109. The van der Waals surface area contributed by atoms with Gasteiger partial charge in [-0.3, -0.25) is 14.6 Å². The quantitative estimate of drug-likeness (QED) is 0.0254. The summed E-state index contributed by atoms with van der Waals surface area (Å²) in [7, 11) is 6.58. The molecule has 26 heteroatoms. The lowest BCUT2D eigenvalue weighted by atomic mass is 9.83. The van der Waals surface area contributed by atoms with E-state index in [1.165, 1.54) is 329 Å². The Bertz CT molecular complexity index is 6410. The SMILES string of the molecule is CCN(Cc1ccccc1)C1CCC(Nc2ncnc3sc4c(c23)CCC4)CC1.CN(CC(N)=O)C1CCC(Nc2ncnc3sc4c(c23)CCC4)CC1.CN(CCCc1ccccc1)C1CCC(Nc2ncnc3sc4c(c23)CCC4)CC1.CN(CCc1ccccc1)C1CCC(Oc2ncnc3sc4c(c23)CCC4)CC1.c1ccc(CCCCC2CCC(Nc3ncnc4sc5c(c34)CCC5)CC2)cc1. The second-order valence-corrected chi connectivity index (χ2v) is 47.5. The average molecular weight is 2000 g/mol. The lowest BCUT2D eigenvalue weighted by Crippen LogP contribution is -2.42. The molecule has 14 aromatic rings. The fraction of sp³-hybridized carbons (Fsp3) is 0.526. The van der Waals surface area contributed by atoms with Gasteiger partial charge in [-0.05, 0) is 347 Å². The number of primary amides is 1. The van der Waals surface area contributed by atoms with Crippen LogP contribution in [0, 0.1) is 5.92 Å². The number of nitrogens with zero attached hydrogens (tertiary/aromatic N) is 14. The van der Waals surface area contributed by atoms with Crippen molar-refractivity contribution in [3.63, 3.8) is 0 Å². The summed E-state index contributed by atoms with van der Waals surface area (Å²) in [5, 5.41) is 21.5. The molecule has 21 nitrogen and oxygen atoms in total. The summed E-state index contributed by atoms with van der Waals surface area (Å²) in [6, 6.07) is 48.0. The molecular weight excluding hydrogens is 1850 g/mol. The van der Waals surface area contributed by atoms with E-state index in [1.54, 1.807) is 36.5 Å². The van der Waals surface area contributed by atoms with Crippen LogP contribution in [-0.2, 0) is 94.8 Å². The smallest absolute Gasteiger partial charge is 0.231 e. The highest BCUT2D eigenvalue weighted by Gasteiger charge is 2.35. The number of nitrogens with two attached hydrogens (primary N) is 1. The number of unbranched alkanes of at least 4 members (excludes halogenated alkanes) is 1. The molecule has 6 N–H and O–H groups in total. The highest BCUT2D eigenvalue weighted by atomic mass is 32.1. The van der Waals surface area contributed by atoms with Gasteiger partial charge in [0.1, 0.15) is 85.2 Å². The molecule has 10 aliphatic rings. The molecule has 0 unspecified atom stereocenters. The largest absolute Gasteiger partial charge is 0.474 e. The first-order valence-corrected chi connectivity index (χ1v) is 58.2. The monoisotopic (exact) mass is 2000 g/mol. The molecule has 10 heterocycles. The van der Waals surface area contributed by atoms with Crippen molar-refractivity contribution in [2.24, 2.45) is 11.7 Å². The number of amides is 1. The molecule has 5 fully saturated rings. The first-order valence-electron chi connectivity index (χ1n) is 54.1. The van der Waals surface area contributed by atoms with Gasteiger partial charge in [-0.2, -0.15) is 0 Å². The molecule has 0 saturated heterocycles. The number of nitrogens with one attached hydrogen (secondary N) is 4. The van der Waals surface area contributed by atoms with Gasteiger partial charge in [-0.15, -0.1) is 56.7 Å². The minimum absolute atomic E-state index is 0.252. The van der Waals surface area contributed by atoms with E-state index in [9.17, 15) is 4.79 Å². The third-order valence-corrected chi connectivity index (χ3v) is 38.7. The van der Waals surface area contributed by atoms with Crippen LogP contribution in [0.25, 0.3) is 51.1 Å². The molecular formula is C116H147N19O2S5. The first-order chi connectivity index (χ1) is 69.8. The molecule has 0 atom stereocenters. The topological polar surface area (TPSA) is 242 Å². The van der Waals surface area contributed by atoms with Gasteiger partial charge in [0.05, 0.1) is 33.5 Å². The second-order valence-electron chi connectivity index (χ2n) is 42.1. The summed E-state index contributed by atoms with van der Waals surface area (Å²) in [4.78, 5) is 80.0. The number of benzene rings is 4. The van der Waals surface area contributed by atoms with Crippen molar-refractivity contribution < 1.29 is 9.53 Å². The Kier molecular flexibility index (Phi) is 34.1. The summed E-state index contributed by atoms with van der Waals surface area (Å²) in [6.45, 7) is 7.12. The Morgan fingerprint density at radius 1 is 0.345 bits per heavy atom. The average Bonchev–Trinajstić information content (AvgIpc) is 1.64. The van der Waals surface area contributed by atoms with E-state index in [-0.39, 0.29) is 12.0 Å². The Morgan fingerprint density at radius 3 is 1.06 bits per heavy atom. The number of carbonyl (C=O) groups excluding carboxylic acids is 1. The van der Waals surface area contributed by atoms with Crippen LogP contribution in [0.1, 0.15) is 268 Å². The normalized spacial score (nSPS) is 21.7. The van der Waals surface area contributed by atoms with Crippen molar-refractivity contribution in [3.8, 4) is 5.88 Å². The number of fused-ring (bicyclic) bond motifs is 15. The predicted molar refractivity (Wildman–Crippen MR) is 591 cm³/mol. The van der Waals surface area contributed by atoms with Gasteiger partial charge < -0.3 is 41.5 Å². The zero-order chi connectivity index (χ0) is 96.5. The highest BCUT2D eigenvalue weighted by Crippen LogP contribution is 2.47. The molecule has 5 saturated carbocycles. The fourth-order valence-corrected chi connectivity index (χ4v) is 30.9. The standard InChI is InChI=1S/C25H32N4S.C25H31N3S.C24H30N4S.C24H29N3OS.C18H25N5OS/c1-29(16-6-9-18-7-3-2-4-8-18)20-14-12-19(13-15-20)28-24-23-21-10-5-11-22(21)30-25(23)27-17-26-24;1-2-7-18(8-3-1)9-4-5-10-19-13-15-20(16-14-19)28-24-23-21-11-6-12-22(21)29-25(23)27-17-26-24;1-2-28(15-17-7-4-3-5-8-17)19-13-11-18(12-14-19)27-23-22-20-9-6-10-21(20)29-24(22)26-16-25-23;1-27(15-14-17-6-3-2-4-7-17)18-10-12-19(13-11-18)28-23-22-20-8-5-9-21(20)29-24(22)26-16-25-23;1-23(9-15(19)24)12-7-5-11(6-8-12)22-17-16-13-3-2-4-14(13)25-18(16)21-10-20-17/h2-4,7-8,17,19-20H,5-6,9-16H2,1H3,(H,26,27,28);1-3,7-8,17,19-20H,4-6,9-16H2,(H,26,27,28);3-5,7-8,16,18-19H,2,6,9-15H2,1H3,(H,25,26,27);2-4,6-7,16,18-19H,5,8-15H2,1H3;10-12H,2-9H2,1H3,(H2,19,24)(H,20,21,22). The number of aromatic nitrogens is 10. The van der Waals surface area contributed by atoms with Crippen LogP contribution in [0.2, 0.25) is 0 Å². The minimum atomic E-state index is -0.252. The predicted octanol–water partition coefficient (Wildman–Crippen LogP) is 24.8. The molecule has 0 spiro atoms. The van der Waals surface area contributed by atoms with Crippen molar-refractivity contribution >= 4 is 137 Å². The lowest BCUT2D eigenvalue weighted by molar-refractivity contribution is -0.119. The maximum absolute atomic E-state index is 11.1. The third kappa shape index (κ3) is 24.8. The van der Waals surface area contributed by atoms with Crippen molar-refractivity contribution in [2.75, 3.05) is 68.6 Å². The van der Waals surface area contributed by atoms with Crippen LogP contribution >= 0.6 is 56.7 Å². The van der Waals surface area contributed by atoms with Gasteiger partial charge in [0, 0.05) is 85.8 Å². The van der Waals surface area contributed by atoms with Gasteiger partial charge in [-0.1, -0.05) is 141 Å². The number of likely N-dealkylation sites (N-methyl/N-ethyl adjacent to an activating group) is 2. The van der Waals surface area contributed by atoms with Gasteiger partial charge in [0.2, 0.25) is 11.8 Å². The number of anilines is 4. The number of rotatable bonds is 31. The van der Waals surface area contributed by atoms with Gasteiger partial charge >= 0.3 is 0 Å². The Morgan fingerprint density at radius 2 is 0.669 bits per heavy atom.